The van der Waals surface area contributed by atoms with Crippen LogP contribution in [0, 0.1) is 11.8 Å². The normalized spacial score (nSPS) is 34.4. The van der Waals surface area contributed by atoms with Crippen LogP contribution in [0.5, 0.6) is 0 Å². The molecule has 88 valence electrons. The lowest BCUT2D eigenvalue weighted by molar-refractivity contribution is 0.153. The van der Waals surface area contributed by atoms with Crippen LogP contribution in [0.1, 0.15) is 45.4 Å². The molecule has 2 heteroatoms. The number of likely N-dealkylation sites (N-methyl/N-ethyl adjacent to an activating group) is 1. The first-order valence-corrected chi connectivity index (χ1v) is 6.62. The van der Waals surface area contributed by atoms with Gasteiger partial charge in [-0.05, 0) is 44.6 Å². The summed E-state index contributed by atoms with van der Waals surface area (Å²) in [7, 11) is 2.27. The Morgan fingerprint density at radius 3 is 2.60 bits per heavy atom. The van der Waals surface area contributed by atoms with Gasteiger partial charge in [-0.1, -0.05) is 19.8 Å². The fourth-order valence-corrected chi connectivity index (χ4v) is 2.96. The maximum Gasteiger partial charge on any atom is 0.0196 e. The van der Waals surface area contributed by atoms with Gasteiger partial charge in [0, 0.05) is 18.6 Å². The van der Waals surface area contributed by atoms with Crippen LogP contribution >= 0.6 is 0 Å². The summed E-state index contributed by atoms with van der Waals surface area (Å²) in [5.41, 5.74) is 6.18. The van der Waals surface area contributed by atoms with E-state index < -0.39 is 0 Å². The smallest absolute Gasteiger partial charge is 0.0196 e. The molecule has 2 rings (SSSR count). The van der Waals surface area contributed by atoms with E-state index in [-0.39, 0.29) is 0 Å². The van der Waals surface area contributed by atoms with E-state index in [9.17, 15) is 0 Å². The van der Waals surface area contributed by atoms with Gasteiger partial charge >= 0.3 is 0 Å². The molecule has 2 nitrogen and oxygen atoms in total. The van der Waals surface area contributed by atoms with Gasteiger partial charge in [0.1, 0.15) is 0 Å². The fraction of sp³-hybridized carbons (Fsp3) is 1.00. The third kappa shape index (κ3) is 3.18. The van der Waals surface area contributed by atoms with Crippen molar-refractivity contribution in [1.29, 1.82) is 0 Å². The Kier molecular flexibility index (Phi) is 3.68. The lowest BCUT2D eigenvalue weighted by Crippen LogP contribution is -2.43. The minimum atomic E-state index is 0.437. The molecular formula is C13H26N2. The predicted octanol–water partition coefficient (Wildman–Crippen LogP) is 2.23. The first-order valence-electron chi connectivity index (χ1n) is 6.62. The van der Waals surface area contributed by atoms with Gasteiger partial charge in [0.15, 0.2) is 0 Å². The largest absolute Gasteiger partial charge is 0.326 e. The SMILES string of the molecule is CC1CCCC(N(C)CC(N)C2CC2)C1. The van der Waals surface area contributed by atoms with Gasteiger partial charge in [-0.25, -0.2) is 0 Å². The summed E-state index contributed by atoms with van der Waals surface area (Å²) in [6.45, 7) is 3.50. The van der Waals surface area contributed by atoms with Gasteiger partial charge in [-0.2, -0.15) is 0 Å². The molecule has 0 radical (unpaired) electrons. The molecule has 2 N–H and O–H groups in total. The third-order valence-corrected chi connectivity index (χ3v) is 4.26. The highest BCUT2D eigenvalue weighted by atomic mass is 15.1. The van der Waals surface area contributed by atoms with Crippen LogP contribution in [-0.4, -0.2) is 30.6 Å². The first kappa shape index (κ1) is 11.4. The third-order valence-electron chi connectivity index (χ3n) is 4.26. The van der Waals surface area contributed by atoms with Crippen LogP contribution < -0.4 is 5.73 Å². The van der Waals surface area contributed by atoms with Gasteiger partial charge in [0.2, 0.25) is 0 Å². The second-order valence-electron chi connectivity index (χ2n) is 5.87. The van der Waals surface area contributed by atoms with Gasteiger partial charge in [0.05, 0.1) is 0 Å². The van der Waals surface area contributed by atoms with Crippen molar-refractivity contribution >= 4 is 0 Å². The number of nitrogens with two attached hydrogens (primary N) is 1. The van der Waals surface area contributed by atoms with Crippen molar-refractivity contribution in [2.45, 2.75) is 57.5 Å². The lowest BCUT2D eigenvalue weighted by Gasteiger charge is -2.35. The Morgan fingerprint density at radius 1 is 1.27 bits per heavy atom. The Labute approximate surface area is 94.2 Å². The summed E-state index contributed by atoms with van der Waals surface area (Å²) in [5, 5.41) is 0. The van der Waals surface area contributed by atoms with Crippen molar-refractivity contribution in [3.63, 3.8) is 0 Å². The zero-order chi connectivity index (χ0) is 10.8. The number of hydrogen-bond donors (Lipinski definition) is 1. The van der Waals surface area contributed by atoms with Crippen LogP contribution in [0.4, 0.5) is 0 Å². The molecule has 0 saturated heterocycles. The van der Waals surface area contributed by atoms with Crippen LogP contribution in [0.15, 0.2) is 0 Å². The minimum Gasteiger partial charge on any atom is -0.326 e. The molecule has 0 aliphatic heterocycles. The van der Waals surface area contributed by atoms with E-state index in [2.05, 4.69) is 18.9 Å². The average Bonchev–Trinajstić information content (AvgIpc) is 3.00. The lowest BCUT2D eigenvalue weighted by atomic mass is 9.86. The molecule has 0 aromatic rings. The van der Waals surface area contributed by atoms with Crippen molar-refractivity contribution in [3.8, 4) is 0 Å². The second kappa shape index (κ2) is 4.84. The van der Waals surface area contributed by atoms with E-state index in [1.165, 1.54) is 38.5 Å². The van der Waals surface area contributed by atoms with E-state index in [0.29, 0.717) is 6.04 Å². The highest BCUT2D eigenvalue weighted by molar-refractivity contribution is 4.87. The summed E-state index contributed by atoms with van der Waals surface area (Å²) < 4.78 is 0. The zero-order valence-corrected chi connectivity index (χ0v) is 10.3. The maximum absolute atomic E-state index is 6.18. The first-order chi connectivity index (χ1) is 7.16. The molecule has 2 aliphatic carbocycles. The van der Waals surface area contributed by atoms with E-state index >= 15 is 0 Å². The maximum atomic E-state index is 6.18. The van der Waals surface area contributed by atoms with Gasteiger partial charge in [-0.3, -0.25) is 0 Å². The molecule has 0 heterocycles. The molecule has 15 heavy (non-hydrogen) atoms. The van der Waals surface area contributed by atoms with E-state index in [1.54, 1.807) is 0 Å². The summed E-state index contributed by atoms with van der Waals surface area (Å²) in [6, 6.07) is 1.24. The topological polar surface area (TPSA) is 29.3 Å². The number of rotatable bonds is 4. The Balaban J connectivity index is 1.75. The van der Waals surface area contributed by atoms with E-state index in [4.69, 9.17) is 5.73 Å². The molecule has 2 saturated carbocycles. The highest BCUT2D eigenvalue weighted by Crippen LogP contribution is 2.33. The summed E-state index contributed by atoms with van der Waals surface area (Å²) >= 11 is 0. The molecule has 0 bridgehead atoms. The predicted molar refractivity (Wildman–Crippen MR) is 64.7 cm³/mol. The number of nitrogens with zero attached hydrogens (tertiary/aromatic N) is 1. The summed E-state index contributed by atoms with van der Waals surface area (Å²) in [4.78, 5) is 2.53. The van der Waals surface area contributed by atoms with Crippen LogP contribution in [0.3, 0.4) is 0 Å². The molecule has 0 aromatic heterocycles. The zero-order valence-electron chi connectivity index (χ0n) is 10.3. The fourth-order valence-electron chi connectivity index (χ4n) is 2.96. The number of hydrogen-bond acceptors (Lipinski definition) is 2. The Bertz CT molecular complexity index is 201. The van der Waals surface area contributed by atoms with Crippen LogP contribution in [-0.2, 0) is 0 Å². The van der Waals surface area contributed by atoms with Crippen LogP contribution in [0.2, 0.25) is 0 Å². The molecule has 0 aromatic carbocycles. The Morgan fingerprint density at radius 2 is 2.00 bits per heavy atom. The molecule has 3 atom stereocenters. The molecule has 0 spiro atoms. The molecular weight excluding hydrogens is 184 g/mol. The van der Waals surface area contributed by atoms with Crippen molar-refractivity contribution < 1.29 is 0 Å². The molecule has 2 aliphatic rings. The Hall–Kier alpha value is -0.0800. The van der Waals surface area contributed by atoms with E-state index in [1.807, 2.05) is 0 Å². The summed E-state index contributed by atoms with van der Waals surface area (Å²) in [5.74, 6) is 1.76. The van der Waals surface area contributed by atoms with Gasteiger partial charge < -0.3 is 10.6 Å². The molecule has 3 unspecified atom stereocenters. The summed E-state index contributed by atoms with van der Waals surface area (Å²) in [6.07, 6.45) is 8.35. The van der Waals surface area contributed by atoms with Gasteiger partial charge in [-0.15, -0.1) is 0 Å². The van der Waals surface area contributed by atoms with Crippen molar-refractivity contribution in [2.75, 3.05) is 13.6 Å². The standard InChI is InChI=1S/C13H26N2/c1-10-4-3-5-12(8-10)15(2)9-13(14)11-6-7-11/h10-13H,3-9,14H2,1-2H3. The minimum absolute atomic E-state index is 0.437. The highest BCUT2D eigenvalue weighted by Gasteiger charge is 2.31. The van der Waals surface area contributed by atoms with Crippen LogP contribution in [0.25, 0.3) is 0 Å². The van der Waals surface area contributed by atoms with Gasteiger partial charge in [0.25, 0.3) is 0 Å². The second-order valence-corrected chi connectivity index (χ2v) is 5.87. The monoisotopic (exact) mass is 210 g/mol. The quantitative estimate of drug-likeness (QED) is 0.771. The van der Waals surface area contributed by atoms with Crippen molar-refractivity contribution in [1.82, 2.24) is 4.90 Å². The van der Waals surface area contributed by atoms with E-state index in [0.717, 1.165) is 24.4 Å². The molecule has 0 amide bonds. The van der Waals surface area contributed by atoms with Crippen molar-refractivity contribution in [3.05, 3.63) is 0 Å². The van der Waals surface area contributed by atoms with Crippen molar-refractivity contribution in [2.24, 2.45) is 17.6 Å². The molecule has 2 fully saturated rings. The average molecular weight is 210 g/mol.